The van der Waals surface area contributed by atoms with Gasteiger partial charge >= 0.3 is 0 Å². The molecule has 5 heteroatoms. The molecule has 22 heavy (non-hydrogen) atoms. The van der Waals surface area contributed by atoms with Gasteiger partial charge in [0.1, 0.15) is 0 Å². The van der Waals surface area contributed by atoms with E-state index >= 15 is 0 Å². The fraction of sp³-hybridized carbons (Fsp3) is 0.0588. The lowest BCUT2D eigenvalue weighted by molar-refractivity contribution is -0.119. The number of hydrogen-bond donors (Lipinski definition) is 2. The highest BCUT2D eigenvalue weighted by Gasteiger charge is 1.98. The second-order valence-electron chi connectivity index (χ2n) is 4.45. The van der Waals surface area contributed by atoms with Crippen LogP contribution in [0.5, 0.6) is 0 Å². The maximum Gasteiger partial charge on any atom is 0.259 e. The van der Waals surface area contributed by atoms with Gasteiger partial charge in [0, 0.05) is 5.69 Å². The number of para-hydroxylation sites is 1. The van der Waals surface area contributed by atoms with Gasteiger partial charge in [0.15, 0.2) is 0 Å². The molecule has 0 saturated carbocycles. The van der Waals surface area contributed by atoms with Crippen molar-refractivity contribution in [1.82, 2.24) is 5.43 Å². The maximum absolute atomic E-state index is 11.6. The number of hydrazone groups is 1. The average molecular weight is 314 g/mol. The molecule has 2 aromatic rings. The van der Waals surface area contributed by atoms with Gasteiger partial charge in [-0.25, -0.2) is 5.43 Å². The second kappa shape index (κ2) is 8.64. The number of halogens is 1. The standard InChI is InChI=1S/C17H16ClN3O/c18-15(11-14-7-3-1-4-8-14)12-20-21-17(22)13-19-16-9-5-2-6-10-16/h1-12,19H,13H2,(H,21,22)/b15-11-,20-12+. The number of benzene rings is 2. The fourth-order valence-corrected chi connectivity index (χ4v) is 1.86. The van der Waals surface area contributed by atoms with Crippen molar-refractivity contribution < 1.29 is 4.79 Å². The van der Waals surface area contributed by atoms with E-state index in [2.05, 4.69) is 15.8 Å². The summed E-state index contributed by atoms with van der Waals surface area (Å²) in [6.45, 7) is 0.140. The minimum Gasteiger partial charge on any atom is -0.376 e. The molecule has 2 aromatic carbocycles. The number of amides is 1. The van der Waals surface area contributed by atoms with E-state index in [0.29, 0.717) is 5.03 Å². The molecule has 0 unspecified atom stereocenters. The summed E-state index contributed by atoms with van der Waals surface area (Å²) in [5.74, 6) is -0.246. The monoisotopic (exact) mass is 313 g/mol. The van der Waals surface area contributed by atoms with Crippen molar-refractivity contribution in [2.45, 2.75) is 0 Å². The van der Waals surface area contributed by atoms with Crippen LogP contribution in [0.4, 0.5) is 5.69 Å². The molecule has 112 valence electrons. The van der Waals surface area contributed by atoms with Crippen LogP contribution in [0.2, 0.25) is 0 Å². The van der Waals surface area contributed by atoms with Gasteiger partial charge in [-0.2, -0.15) is 5.10 Å². The van der Waals surface area contributed by atoms with Crippen molar-refractivity contribution >= 4 is 35.5 Å². The van der Waals surface area contributed by atoms with Crippen LogP contribution in [-0.2, 0) is 4.79 Å². The first-order valence-electron chi connectivity index (χ1n) is 6.77. The predicted molar refractivity (Wildman–Crippen MR) is 91.8 cm³/mol. The zero-order chi connectivity index (χ0) is 15.6. The maximum atomic E-state index is 11.6. The SMILES string of the molecule is O=C(CNc1ccccc1)N/N=C/C(Cl)=C/c1ccccc1. The second-order valence-corrected chi connectivity index (χ2v) is 4.89. The minimum absolute atomic E-state index is 0.140. The number of rotatable bonds is 6. The van der Waals surface area contributed by atoms with Crippen molar-refractivity contribution in [3.8, 4) is 0 Å². The molecule has 0 aliphatic rings. The largest absolute Gasteiger partial charge is 0.376 e. The summed E-state index contributed by atoms with van der Waals surface area (Å²) in [5, 5.41) is 7.24. The van der Waals surface area contributed by atoms with Crippen LogP contribution in [0.1, 0.15) is 5.56 Å². The Labute approximate surface area is 134 Å². The minimum atomic E-state index is -0.246. The first-order valence-corrected chi connectivity index (χ1v) is 7.15. The van der Waals surface area contributed by atoms with Gasteiger partial charge in [0.2, 0.25) is 0 Å². The van der Waals surface area contributed by atoms with Crippen molar-refractivity contribution in [2.75, 3.05) is 11.9 Å². The molecule has 2 N–H and O–H groups in total. The summed E-state index contributed by atoms with van der Waals surface area (Å²) in [7, 11) is 0. The molecule has 4 nitrogen and oxygen atoms in total. The Bertz CT molecular complexity index is 654. The number of nitrogens with one attached hydrogen (secondary N) is 2. The van der Waals surface area contributed by atoms with Crippen LogP contribution in [0.3, 0.4) is 0 Å². The van der Waals surface area contributed by atoms with Gasteiger partial charge in [-0.3, -0.25) is 4.79 Å². The smallest absolute Gasteiger partial charge is 0.259 e. The molecule has 0 saturated heterocycles. The van der Waals surface area contributed by atoms with Gasteiger partial charge in [-0.1, -0.05) is 60.1 Å². The molecule has 0 heterocycles. The molecule has 0 atom stereocenters. The molecule has 2 rings (SSSR count). The van der Waals surface area contributed by atoms with Crippen LogP contribution in [0, 0.1) is 0 Å². The van der Waals surface area contributed by atoms with Gasteiger partial charge < -0.3 is 5.32 Å². The molecule has 0 aromatic heterocycles. The Hall–Kier alpha value is -2.59. The van der Waals surface area contributed by atoms with Crippen LogP contribution in [0.25, 0.3) is 6.08 Å². The lowest BCUT2D eigenvalue weighted by atomic mass is 10.2. The summed E-state index contributed by atoms with van der Waals surface area (Å²) < 4.78 is 0. The first kappa shape index (κ1) is 15.8. The molecule has 1 amide bonds. The summed E-state index contributed by atoms with van der Waals surface area (Å²) in [6, 6.07) is 19.1. The number of nitrogens with zero attached hydrogens (tertiary/aromatic N) is 1. The molecule has 0 spiro atoms. The molecule has 0 fully saturated rings. The molecule has 0 aliphatic heterocycles. The Morgan fingerprint density at radius 2 is 1.68 bits per heavy atom. The summed E-state index contributed by atoms with van der Waals surface area (Å²) in [4.78, 5) is 11.6. The van der Waals surface area contributed by atoms with E-state index in [1.165, 1.54) is 6.21 Å². The third-order valence-electron chi connectivity index (χ3n) is 2.71. The van der Waals surface area contributed by atoms with Crippen molar-refractivity contribution in [2.24, 2.45) is 5.10 Å². The van der Waals surface area contributed by atoms with Crippen LogP contribution < -0.4 is 10.7 Å². The first-order chi connectivity index (χ1) is 10.7. The van der Waals surface area contributed by atoms with E-state index in [9.17, 15) is 4.79 Å². The van der Waals surface area contributed by atoms with Crippen molar-refractivity contribution in [1.29, 1.82) is 0 Å². The van der Waals surface area contributed by atoms with Crippen molar-refractivity contribution in [3.05, 3.63) is 71.3 Å². The van der Waals surface area contributed by atoms with E-state index in [1.54, 1.807) is 6.08 Å². The Balaban J connectivity index is 1.77. The fourth-order valence-electron chi connectivity index (χ4n) is 1.69. The number of hydrogen-bond acceptors (Lipinski definition) is 3. The number of carbonyl (C=O) groups excluding carboxylic acids is 1. The van der Waals surface area contributed by atoms with Crippen LogP contribution in [-0.4, -0.2) is 18.7 Å². The topological polar surface area (TPSA) is 53.5 Å². The molecule has 0 bridgehead atoms. The molecular formula is C17H16ClN3O. The summed E-state index contributed by atoms with van der Waals surface area (Å²) in [6.07, 6.45) is 3.16. The highest BCUT2D eigenvalue weighted by Crippen LogP contribution is 2.07. The van der Waals surface area contributed by atoms with Crippen LogP contribution >= 0.6 is 11.6 Å². The predicted octanol–water partition coefficient (Wildman–Crippen LogP) is 3.48. The number of anilines is 1. The quantitative estimate of drug-likeness (QED) is 0.633. The zero-order valence-electron chi connectivity index (χ0n) is 11.9. The Morgan fingerprint density at radius 3 is 2.36 bits per heavy atom. The van der Waals surface area contributed by atoms with E-state index in [0.717, 1.165) is 11.3 Å². The normalized spacial score (nSPS) is 11.4. The lowest BCUT2D eigenvalue weighted by Crippen LogP contribution is -2.25. The average Bonchev–Trinajstić information content (AvgIpc) is 2.55. The lowest BCUT2D eigenvalue weighted by Gasteiger charge is -2.04. The highest BCUT2D eigenvalue weighted by atomic mass is 35.5. The van der Waals surface area contributed by atoms with E-state index in [-0.39, 0.29) is 12.5 Å². The number of allylic oxidation sites excluding steroid dienone is 1. The third kappa shape index (κ3) is 5.81. The molecular weight excluding hydrogens is 298 g/mol. The van der Waals surface area contributed by atoms with Crippen LogP contribution in [0.15, 0.2) is 70.8 Å². The summed E-state index contributed by atoms with van der Waals surface area (Å²) >= 11 is 6.02. The van der Waals surface area contributed by atoms with Gasteiger partial charge in [-0.15, -0.1) is 0 Å². The van der Waals surface area contributed by atoms with E-state index < -0.39 is 0 Å². The molecule has 0 aliphatic carbocycles. The Kier molecular flexibility index (Phi) is 6.20. The zero-order valence-corrected chi connectivity index (χ0v) is 12.6. The van der Waals surface area contributed by atoms with E-state index in [4.69, 9.17) is 11.6 Å². The Morgan fingerprint density at radius 1 is 1.05 bits per heavy atom. The summed E-state index contributed by atoms with van der Waals surface area (Å²) in [5.41, 5.74) is 4.26. The molecule has 0 radical (unpaired) electrons. The van der Waals surface area contributed by atoms with Gasteiger partial charge in [0.25, 0.3) is 5.91 Å². The number of carbonyl (C=O) groups is 1. The third-order valence-corrected chi connectivity index (χ3v) is 2.91. The van der Waals surface area contributed by atoms with Crippen molar-refractivity contribution in [3.63, 3.8) is 0 Å². The van der Waals surface area contributed by atoms with Gasteiger partial charge in [0.05, 0.1) is 17.8 Å². The van der Waals surface area contributed by atoms with E-state index in [1.807, 2.05) is 60.7 Å². The van der Waals surface area contributed by atoms with Gasteiger partial charge in [-0.05, 0) is 23.8 Å². The highest BCUT2D eigenvalue weighted by molar-refractivity contribution is 6.41.